The van der Waals surface area contributed by atoms with E-state index in [-0.39, 0.29) is 18.4 Å². The lowest BCUT2D eigenvalue weighted by molar-refractivity contribution is -0.148. The number of nitrogens with one attached hydrogen (secondary N) is 1. The molecular formula is C10H18N2O3. The normalized spacial score (nSPS) is 20.3. The second kappa shape index (κ2) is 4.61. The molecule has 0 radical (unpaired) electrons. The topological polar surface area (TPSA) is 58.6 Å². The third-order valence-electron chi connectivity index (χ3n) is 2.38. The molecule has 5 nitrogen and oxygen atoms in total. The minimum absolute atomic E-state index is 0.0294. The summed E-state index contributed by atoms with van der Waals surface area (Å²) in [6, 6.07) is 0. The number of ether oxygens (including phenoxy) is 1. The van der Waals surface area contributed by atoms with Gasteiger partial charge in [-0.3, -0.25) is 9.59 Å². The van der Waals surface area contributed by atoms with Gasteiger partial charge in [-0.05, 0) is 20.3 Å². The molecule has 0 aromatic rings. The zero-order valence-corrected chi connectivity index (χ0v) is 9.50. The highest BCUT2D eigenvalue weighted by Gasteiger charge is 2.38. The van der Waals surface area contributed by atoms with Gasteiger partial charge in [0, 0.05) is 20.3 Å². The largest absolute Gasteiger partial charge is 0.385 e. The number of methoxy groups -OCH3 is 1. The van der Waals surface area contributed by atoms with E-state index in [0.717, 1.165) is 6.42 Å². The minimum Gasteiger partial charge on any atom is -0.385 e. The van der Waals surface area contributed by atoms with Gasteiger partial charge in [0.2, 0.25) is 11.8 Å². The van der Waals surface area contributed by atoms with Crippen molar-refractivity contribution in [2.75, 3.05) is 26.8 Å². The molecular weight excluding hydrogens is 196 g/mol. The number of carbonyl (C=O) groups excluding carboxylic acids is 2. The smallest absolute Gasteiger partial charge is 0.248 e. The summed E-state index contributed by atoms with van der Waals surface area (Å²) in [4.78, 5) is 24.8. The third-order valence-corrected chi connectivity index (χ3v) is 2.38. The summed E-state index contributed by atoms with van der Waals surface area (Å²) in [5.41, 5.74) is -0.775. The second-order valence-electron chi connectivity index (χ2n) is 4.25. The monoisotopic (exact) mass is 214 g/mol. The standard InChI is InChI=1S/C10H18N2O3/c1-10(2)9(14)12(5-4-6-15-3)7-8(13)11-10/h4-7H2,1-3H3,(H,11,13). The molecule has 0 saturated carbocycles. The number of nitrogens with zero attached hydrogens (tertiary/aromatic N) is 1. The Kier molecular flexibility index (Phi) is 3.68. The number of rotatable bonds is 4. The SMILES string of the molecule is COCCCN1CC(=O)NC(C)(C)C1=O. The molecule has 1 heterocycles. The summed E-state index contributed by atoms with van der Waals surface area (Å²) in [7, 11) is 1.62. The summed E-state index contributed by atoms with van der Waals surface area (Å²) in [5, 5.41) is 2.66. The Morgan fingerprint density at radius 2 is 2.13 bits per heavy atom. The van der Waals surface area contributed by atoms with Crippen LogP contribution in [-0.4, -0.2) is 49.1 Å². The van der Waals surface area contributed by atoms with E-state index in [9.17, 15) is 9.59 Å². The molecule has 0 unspecified atom stereocenters. The number of piperazine rings is 1. The van der Waals surface area contributed by atoms with Crippen LogP contribution in [0.2, 0.25) is 0 Å². The summed E-state index contributed by atoms with van der Waals surface area (Å²) >= 11 is 0. The molecule has 86 valence electrons. The van der Waals surface area contributed by atoms with Gasteiger partial charge in [0.25, 0.3) is 0 Å². The van der Waals surface area contributed by atoms with E-state index in [1.807, 2.05) is 0 Å². The first-order valence-corrected chi connectivity index (χ1v) is 5.06. The Hall–Kier alpha value is -1.10. The second-order valence-corrected chi connectivity index (χ2v) is 4.25. The first-order chi connectivity index (χ1) is 6.97. The van der Waals surface area contributed by atoms with Gasteiger partial charge in [-0.1, -0.05) is 0 Å². The Balaban J connectivity index is 2.55. The van der Waals surface area contributed by atoms with E-state index in [1.165, 1.54) is 0 Å². The molecule has 1 N–H and O–H groups in total. The van der Waals surface area contributed by atoms with E-state index in [4.69, 9.17) is 4.74 Å². The molecule has 1 saturated heterocycles. The van der Waals surface area contributed by atoms with Crippen LogP contribution in [0.4, 0.5) is 0 Å². The fraction of sp³-hybridized carbons (Fsp3) is 0.800. The van der Waals surface area contributed by atoms with Crippen LogP contribution in [0.5, 0.6) is 0 Å². The fourth-order valence-corrected chi connectivity index (χ4v) is 1.66. The van der Waals surface area contributed by atoms with Crippen molar-refractivity contribution in [1.82, 2.24) is 10.2 Å². The van der Waals surface area contributed by atoms with Gasteiger partial charge >= 0.3 is 0 Å². The number of hydrogen-bond donors (Lipinski definition) is 1. The summed E-state index contributed by atoms with van der Waals surface area (Å²) in [6.07, 6.45) is 0.756. The van der Waals surface area contributed by atoms with E-state index >= 15 is 0 Å². The molecule has 2 amide bonds. The Morgan fingerprint density at radius 1 is 1.47 bits per heavy atom. The highest BCUT2D eigenvalue weighted by atomic mass is 16.5. The van der Waals surface area contributed by atoms with Gasteiger partial charge in [0.15, 0.2) is 0 Å². The van der Waals surface area contributed by atoms with Crippen molar-refractivity contribution in [2.24, 2.45) is 0 Å². The van der Waals surface area contributed by atoms with Gasteiger partial charge < -0.3 is 15.0 Å². The van der Waals surface area contributed by atoms with Crippen molar-refractivity contribution in [3.63, 3.8) is 0 Å². The highest BCUT2D eigenvalue weighted by molar-refractivity contribution is 5.97. The molecule has 0 aromatic heterocycles. The van der Waals surface area contributed by atoms with Crippen molar-refractivity contribution in [2.45, 2.75) is 25.8 Å². The predicted octanol–water partition coefficient (Wildman–Crippen LogP) is -0.240. The average molecular weight is 214 g/mol. The van der Waals surface area contributed by atoms with Gasteiger partial charge in [-0.15, -0.1) is 0 Å². The predicted molar refractivity (Wildman–Crippen MR) is 55.3 cm³/mol. The first kappa shape index (κ1) is 12.0. The molecule has 0 aliphatic carbocycles. The van der Waals surface area contributed by atoms with Crippen LogP contribution in [0.15, 0.2) is 0 Å². The minimum atomic E-state index is -0.775. The van der Waals surface area contributed by atoms with Crippen LogP contribution in [0.25, 0.3) is 0 Å². The molecule has 1 rings (SSSR count). The van der Waals surface area contributed by atoms with Gasteiger partial charge in [-0.2, -0.15) is 0 Å². The van der Waals surface area contributed by atoms with Gasteiger partial charge in [0.1, 0.15) is 5.54 Å². The lowest BCUT2D eigenvalue weighted by Crippen LogP contribution is -2.63. The summed E-state index contributed by atoms with van der Waals surface area (Å²) in [6.45, 7) is 4.77. The van der Waals surface area contributed by atoms with Crippen molar-refractivity contribution in [3.8, 4) is 0 Å². The van der Waals surface area contributed by atoms with E-state index in [1.54, 1.807) is 25.9 Å². The maximum absolute atomic E-state index is 11.9. The Morgan fingerprint density at radius 3 is 2.73 bits per heavy atom. The van der Waals surface area contributed by atoms with Crippen molar-refractivity contribution in [3.05, 3.63) is 0 Å². The summed E-state index contributed by atoms with van der Waals surface area (Å²) in [5.74, 6) is -0.129. The van der Waals surface area contributed by atoms with E-state index < -0.39 is 5.54 Å². The number of carbonyl (C=O) groups is 2. The van der Waals surface area contributed by atoms with Crippen molar-refractivity contribution >= 4 is 11.8 Å². The molecule has 5 heteroatoms. The summed E-state index contributed by atoms with van der Waals surface area (Å²) < 4.78 is 4.91. The molecule has 15 heavy (non-hydrogen) atoms. The van der Waals surface area contributed by atoms with Gasteiger partial charge in [-0.25, -0.2) is 0 Å². The zero-order chi connectivity index (χ0) is 11.5. The van der Waals surface area contributed by atoms with E-state index in [2.05, 4.69) is 5.32 Å². The Labute approximate surface area is 89.8 Å². The fourth-order valence-electron chi connectivity index (χ4n) is 1.66. The molecule has 0 bridgehead atoms. The van der Waals surface area contributed by atoms with Crippen molar-refractivity contribution < 1.29 is 14.3 Å². The maximum atomic E-state index is 11.9. The van der Waals surface area contributed by atoms with Crippen LogP contribution in [0.3, 0.4) is 0 Å². The van der Waals surface area contributed by atoms with Crippen LogP contribution in [0, 0.1) is 0 Å². The lowest BCUT2D eigenvalue weighted by atomic mass is 10.0. The number of amides is 2. The third kappa shape index (κ3) is 2.92. The van der Waals surface area contributed by atoms with E-state index in [0.29, 0.717) is 13.2 Å². The van der Waals surface area contributed by atoms with Crippen molar-refractivity contribution in [1.29, 1.82) is 0 Å². The van der Waals surface area contributed by atoms with Crippen LogP contribution in [-0.2, 0) is 14.3 Å². The van der Waals surface area contributed by atoms with Crippen LogP contribution >= 0.6 is 0 Å². The lowest BCUT2D eigenvalue weighted by Gasteiger charge is -2.37. The maximum Gasteiger partial charge on any atom is 0.248 e. The first-order valence-electron chi connectivity index (χ1n) is 5.06. The number of hydrogen-bond acceptors (Lipinski definition) is 3. The zero-order valence-electron chi connectivity index (χ0n) is 9.50. The van der Waals surface area contributed by atoms with Gasteiger partial charge in [0.05, 0.1) is 6.54 Å². The highest BCUT2D eigenvalue weighted by Crippen LogP contribution is 2.13. The molecule has 1 aliphatic rings. The average Bonchev–Trinajstić information content (AvgIpc) is 2.13. The van der Waals surface area contributed by atoms with Crippen LogP contribution in [0.1, 0.15) is 20.3 Å². The molecule has 0 atom stereocenters. The quantitative estimate of drug-likeness (QED) is 0.657. The van der Waals surface area contributed by atoms with Crippen LogP contribution < -0.4 is 5.32 Å². The molecule has 1 aliphatic heterocycles. The molecule has 0 spiro atoms. The Bertz CT molecular complexity index is 263. The molecule has 0 aromatic carbocycles. The molecule has 1 fully saturated rings.